The van der Waals surface area contributed by atoms with Crippen LogP contribution in [0.2, 0.25) is 0 Å². The number of benzene rings is 2. The van der Waals surface area contributed by atoms with E-state index in [4.69, 9.17) is 4.74 Å². The highest BCUT2D eigenvalue weighted by molar-refractivity contribution is 5.26. The van der Waals surface area contributed by atoms with Crippen LogP contribution in [0.3, 0.4) is 0 Å². The van der Waals surface area contributed by atoms with Crippen LogP contribution in [0.25, 0.3) is 0 Å². The molecule has 2 aromatic rings. The number of hydrogen-bond donors (Lipinski definition) is 2. The topological polar surface area (TPSA) is 41.5 Å². The zero-order valence-electron chi connectivity index (χ0n) is 11.7. The van der Waals surface area contributed by atoms with E-state index in [1.165, 1.54) is 0 Å². The van der Waals surface area contributed by atoms with Crippen molar-refractivity contribution in [3.63, 3.8) is 0 Å². The van der Waals surface area contributed by atoms with E-state index in [9.17, 15) is 5.11 Å². The average Bonchev–Trinajstić information content (AvgIpc) is 2.53. The first-order valence-corrected chi connectivity index (χ1v) is 6.83. The fraction of sp³-hybridized carbons (Fsp3) is 0.294. The van der Waals surface area contributed by atoms with Crippen LogP contribution in [0.15, 0.2) is 60.7 Å². The molecule has 0 aliphatic heterocycles. The summed E-state index contributed by atoms with van der Waals surface area (Å²) in [5.74, 6) is 0. The average molecular weight is 271 g/mol. The normalized spacial score (nSPS) is 13.9. The molecule has 0 saturated heterocycles. The van der Waals surface area contributed by atoms with E-state index in [1.807, 2.05) is 60.7 Å². The second-order valence-corrected chi connectivity index (χ2v) is 4.69. The predicted octanol–water partition coefficient (Wildman–Crippen LogP) is 2.70. The van der Waals surface area contributed by atoms with Gasteiger partial charge < -0.3 is 15.2 Å². The summed E-state index contributed by atoms with van der Waals surface area (Å²) in [5.41, 5.74) is 1.98. The minimum atomic E-state index is -0.588. The summed E-state index contributed by atoms with van der Waals surface area (Å²) < 4.78 is 5.07. The van der Waals surface area contributed by atoms with Gasteiger partial charge in [-0.3, -0.25) is 0 Å². The van der Waals surface area contributed by atoms with Crippen LogP contribution in [0.1, 0.15) is 23.3 Å². The Balaban J connectivity index is 2.17. The molecule has 2 aromatic carbocycles. The third kappa shape index (κ3) is 3.90. The van der Waals surface area contributed by atoms with Gasteiger partial charge in [-0.1, -0.05) is 60.7 Å². The van der Waals surface area contributed by atoms with Gasteiger partial charge in [-0.2, -0.15) is 0 Å². The molecule has 0 spiro atoms. The molecule has 3 nitrogen and oxygen atoms in total. The quantitative estimate of drug-likeness (QED) is 0.761. The summed E-state index contributed by atoms with van der Waals surface area (Å²) in [6.45, 7) is 1.31. The molecule has 2 atom stereocenters. The molecule has 0 aliphatic carbocycles. The van der Waals surface area contributed by atoms with E-state index < -0.39 is 6.10 Å². The Bertz CT molecular complexity index is 487. The van der Waals surface area contributed by atoms with E-state index in [0.29, 0.717) is 13.2 Å². The molecule has 2 rings (SSSR count). The van der Waals surface area contributed by atoms with Crippen molar-refractivity contribution in [3.8, 4) is 0 Å². The molecule has 0 fully saturated rings. The fourth-order valence-electron chi connectivity index (χ4n) is 2.23. The largest absolute Gasteiger partial charge is 0.386 e. The van der Waals surface area contributed by atoms with Gasteiger partial charge in [0.05, 0.1) is 18.8 Å². The highest BCUT2D eigenvalue weighted by Gasteiger charge is 2.21. The van der Waals surface area contributed by atoms with Crippen LogP contribution in [0, 0.1) is 0 Å². The third-order valence-electron chi connectivity index (χ3n) is 3.29. The van der Waals surface area contributed by atoms with E-state index in [0.717, 1.165) is 11.1 Å². The predicted molar refractivity (Wildman–Crippen MR) is 80.5 cm³/mol. The summed E-state index contributed by atoms with van der Waals surface area (Å²) in [6.07, 6.45) is -0.588. The van der Waals surface area contributed by atoms with Gasteiger partial charge in [0.15, 0.2) is 0 Å². The Labute approximate surface area is 120 Å². The Morgan fingerprint density at radius 1 is 0.950 bits per heavy atom. The van der Waals surface area contributed by atoms with Gasteiger partial charge in [-0.15, -0.1) is 0 Å². The summed E-state index contributed by atoms with van der Waals surface area (Å²) in [7, 11) is 1.67. The van der Waals surface area contributed by atoms with Gasteiger partial charge in [0.25, 0.3) is 0 Å². The number of rotatable bonds is 7. The number of aliphatic hydroxyl groups excluding tert-OH is 1. The molecule has 0 amide bonds. The zero-order valence-corrected chi connectivity index (χ0v) is 11.7. The van der Waals surface area contributed by atoms with Crippen LogP contribution in [-0.2, 0) is 4.74 Å². The van der Waals surface area contributed by atoms with Crippen molar-refractivity contribution >= 4 is 0 Å². The lowest BCUT2D eigenvalue weighted by atomic mass is 9.96. The summed E-state index contributed by atoms with van der Waals surface area (Å²) in [5, 5.41) is 14.0. The van der Waals surface area contributed by atoms with E-state index in [-0.39, 0.29) is 6.04 Å². The van der Waals surface area contributed by atoms with Gasteiger partial charge >= 0.3 is 0 Å². The molecule has 106 valence electrons. The smallest absolute Gasteiger partial charge is 0.0984 e. The lowest BCUT2D eigenvalue weighted by Crippen LogP contribution is -2.29. The monoisotopic (exact) mass is 271 g/mol. The molecule has 3 heteroatoms. The third-order valence-corrected chi connectivity index (χ3v) is 3.29. The van der Waals surface area contributed by atoms with Gasteiger partial charge in [0.2, 0.25) is 0 Å². The van der Waals surface area contributed by atoms with Crippen molar-refractivity contribution in [1.29, 1.82) is 0 Å². The first kappa shape index (κ1) is 14.7. The zero-order chi connectivity index (χ0) is 14.2. The molecule has 0 aliphatic rings. The van der Waals surface area contributed by atoms with Crippen LogP contribution in [0.5, 0.6) is 0 Å². The minimum absolute atomic E-state index is 0.145. The highest BCUT2D eigenvalue weighted by atomic mass is 16.5. The van der Waals surface area contributed by atoms with Crippen molar-refractivity contribution in [3.05, 3.63) is 71.8 Å². The van der Waals surface area contributed by atoms with E-state index in [2.05, 4.69) is 5.32 Å². The number of methoxy groups -OCH3 is 1. The molecule has 0 radical (unpaired) electrons. The van der Waals surface area contributed by atoms with E-state index >= 15 is 0 Å². The second-order valence-electron chi connectivity index (χ2n) is 4.69. The fourth-order valence-corrected chi connectivity index (χ4v) is 2.23. The molecule has 0 heterocycles. The van der Waals surface area contributed by atoms with Gasteiger partial charge in [0, 0.05) is 13.7 Å². The lowest BCUT2D eigenvalue weighted by molar-refractivity contribution is 0.119. The van der Waals surface area contributed by atoms with Crippen LogP contribution in [0.4, 0.5) is 0 Å². The summed E-state index contributed by atoms with van der Waals surface area (Å²) in [4.78, 5) is 0. The van der Waals surface area contributed by atoms with Crippen molar-refractivity contribution < 1.29 is 9.84 Å². The minimum Gasteiger partial charge on any atom is -0.386 e. The molecule has 0 unspecified atom stereocenters. The SMILES string of the molecule is COCCN[C@H](c1ccccc1)[C@@H](O)c1ccccc1. The highest BCUT2D eigenvalue weighted by Crippen LogP contribution is 2.28. The standard InChI is InChI=1S/C17H21NO2/c1-20-13-12-18-16(14-8-4-2-5-9-14)17(19)15-10-6-3-7-11-15/h2-11,16-19H,12-13H2,1H3/t16-,17+/m1/s1. The van der Waals surface area contributed by atoms with Crippen molar-refractivity contribution in [2.75, 3.05) is 20.3 Å². The number of ether oxygens (including phenoxy) is 1. The molecule has 20 heavy (non-hydrogen) atoms. The first-order chi connectivity index (χ1) is 9.83. The summed E-state index contributed by atoms with van der Waals surface area (Å²) in [6, 6.07) is 19.6. The molecule has 0 bridgehead atoms. The Morgan fingerprint density at radius 2 is 1.50 bits per heavy atom. The Hall–Kier alpha value is -1.68. The Kier molecular flexibility index (Phi) is 5.74. The van der Waals surface area contributed by atoms with Crippen LogP contribution in [-0.4, -0.2) is 25.4 Å². The molecule has 0 saturated carbocycles. The number of aliphatic hydroxyl groups is 1. The van der Waals surface area contributed by atoms with Crippen molar-refractivity contribution in [1.82, 2.24) is 5.32 Å². The van der Waals surface area contributed by atoms with E-state index in [1.54, 1.807) is 7.11 Å². The van der Waals surface area contributed by atoms with Crippen LogP contribution >= 0.6 is 0 Å². The Morgan fingerprint density at radius 3 is 2.05 bits per heavy atom. The maximum atomic E-state index is 10.6. The van der Waals surface area contributed by atoms with Crippen LogP contribution < -0.4 is 5.32 Å². The molecular formula is C17H21NO2. The van der Waals surface area contributed by atoms with Crippen molar-refractivity contribution in [2.45, 2.75) is 12.1 Å². The molecule has 0 aromatic heterocycles. The van der Waals surface area contributed by atoms with Gasteiger partial charge in [-0.05, 0) is 11.1 Å². The maximum absolute atomic E-state index is 10.6. The number of hydrogen-bond acceptors (Lipinski definition) is 3. The maximum Gasteiger partial charge on any atom is 0.0984 e. The molecular weight excluding hydrogens is 250 g/mol. The van der Waals surface area contributed by atoms with Gasteiger partial charge in [-0.25, -0.2) is 0 Å². The second kappa shape index (κ2) is 7.80. The molecule has 2 N–H and O–H groups in total. The van der Waals surface area contributed by atoms with Gasteiger partial charge in [0.1, 0.15) is 0 Å². The summed E-state index contributed by atoms with van der Waals surface area (Å²) >= 11 is 0. The van der Waals surface area contributed by atoms with Crippen molar-refractivity contribution in [2.24, 2.45) is 0 Å². The first-order valence-electron chi connectivity index (χ1n) is 6.83. The number of nitrogens with one attached hydrogen (secondary N) is 1. The lowest BCUT2D eigenvalue weighted by Gasteiger charge is -2.25.